The fraction of sp³-hybridized carbons (Fsp3) is 0.419. The summed E-state index contributed by atoms with van der Waals surface area (Å²) in [7, 11) is 0. The first kappa shape index (κ1) is 28.8. The molecule has 3 amide bonds. The van der Waals surface area contributed by atoms with E-state index in [1.54, 1.807) is 29.2 Å². The molecule has 0 saturated carbocycles. The van der Waals surface area contributed by atoms with Crippen molar-refractivity contribution >= 4 is 23.5 Å². The van der Waals surface area contributed by atoms with Crippen molar-refractivity contribution in [3.8, 4) is 0 Å². The van der Waals surface area contributed by atoms with Crippen LogP contribution in [-0.2, 0) is 20.9 Å². The van der Waals surface area contributed by atoms with Crippen molar-refractivity contribution in [1.29, 1.82) is 0 Å². The van der Waals surface area contributed by atoms with Gasteiger partial charge in [-0.05, 0) is 49.7 Å². The van der Waals surface area contributed by atoms with Crippen molar-refractivity contribution in [1.82, 2.24) is 10.2 Å². The van der Waals surface area contributed by atoms with Gasteiger partial charge in [-0.15, -0.1) is 6.58 Å². The minimum Gasteiger partial charge on any atom is -0.369 e. The molecule has 0 bridgehead atoms. The third kappa shape index (κ3) is 7.63. The Morgan fingerprint density at radius 1 is 1.05 bits per heavy atom. The minimum absolute atomic E-state index is 0.0699. The summed E-state index contributed by atoms with van der Waals surface area (Å²) in [5.74, 6) is -2.21. The number of nitrogens with one attached hydrogen (secondary N) is 1. The number of nitrogens with two attached hydrogens (primary N) is 1. The van der Waals surface area contributed by atoms with Crippen LogP contribution in [0.5, 0.6) is 0 Å². The molecule has 202 valence electrons. The monoisotopic (exact) mass is 517 g/mol. The molecule has 0 spiro atoms. The summed E-state index contributed by atoms with van der Waals surface area (Å²) in [6.45, 7) is 8.59. The van der Waals surface area contributed by atoms with Crippen molar-refractivity contribution in [2.45, 2.75) is 58.5 Å². The van der Waals surface area contributed by atoms with Crippen LogP contribution in [0.1, 0.15) is 67.4 Å². The molecule has 7 nitrogen and oxygen atoms in total. The lowest BCUT2D eigenvalue weighted by molar-refractivity contribution is -0.139. The molecule has 2 aromatic carbocycles. The number of carbonyl (C=O) groups excluding carboxylic acids is 4. The lowest BCUT2D eigenvalue weighted by Gasteiger charge is -2.29. The Hall–Kier alpha value is -3.74. The summed E-state index contributed by atoms with van der Waals surface area (Å²) in [5.41, 5.74) is 7.66. The van der Waals surface area contributed by atoms with Gasteiger partial charge in [-0.1, -0.05) is 68.5 Å². The fourth-order valence-corrected chi connectivity index (χ4v) is 5.08. The van der Waals surface area contributed by atoms with E-state index < -0.39 is 23.8 Å². The summed E-state index contributed by atoms with van der Waals surface area (Å²) in [5, 5.41) is 2.95. The maximum atomic E-state index is 13.5. The number of hydrogen-bond donors (Lipinski definition) is 2. The fourth-order valence-electron chi connectivity index (χ4n) is 5.08. The number of carbonyl (C=O) groups is 4. The Labute approximate surface area is 225 Å². The number of hydrogen-bond acceptors (Lipinski definition) is 4. The van der Waals surface area contributed by atoms with E-state index in [0.717, 1.165) is 18.4 Å². The topological polar surface area (TPSA) is 110 Å². The summed E-state index contributed by atoms with van der Waals surface area (Å²) < 4.78 is 0. The highest BCUT2D eigenvalue weighted by molar-refractivity contribution is 6.09. The van der Waals surface area contributed by atoms with Crippen LogP contribution in [0.2, 0.25) is 0 Å². The molecule has 0 aromatic heterocycles. The third-order valence-corrected chi connectivity index (χ3v) is 7.03. The van der Waals surface area contributed by atoms with Gasteiger partial charge >= 0.3 is 0 Å². The molecule has 0 radical (unpaired) electrons. The predicted octanol–water partition coefficient (Wildman–Crippen LogP) is 4.25. The Kier molecular flexibility index (Phi) is 10.4. The first-order valence-electron chi connectivity index (χ1n) is 13.4. The van der Waals surface area contributed by atoms with E-state index in [1.807, 2.05) is 50.2 Å². The van der Waals surface area contributed by atoms with Gasteiger partial charge in [0.25, 0.3) is 0 Å². The number of amides is 3. The van der Waals surface area contributed by atoms with Crippen molar-refractivity contribution < 1.29 is 19.2 Å². The summed E-state index contributed by atoms with van der Waals surface area (Å²) in [6, 6.07) is 15.7. The van der Waals surface area contributed by atoms with Crippen molar-refractivity contribution in [2.24, 2.45) is 23.5 Å². The van der Waals surface area contributed by atoms with Crippen LogP contribution in [0, 0.1) is 17.8 Å². The molecule has 3 rings (SSSR count). The van der Waals surface area contributed by atoms with E-state index in [2.05, 4.69) is 11.9 Å². The highest BCUT2D eigenvalue weighted by atomic mass is 16.2. The van der Waals surface area contributed by atoms with Crippen LogP contribution < -0.4 is 11.1 Å². The normalized spacial score (nSPS) is 17.4. The van der Waals surface area contributed by atoms with Gasteiger partial charge in [-0.3, -0.25) is 19.2 Å². The average Bonchev–Trinajstić information content (AvgIpc) is 3.07. The highest BCUT2D eigenvalue weighted by Gasteiger charge is 2.35. The van der Waals surface area contributed by atoms with Gasteiger partial charge in [0.05, 0.1) is 11.8 Å². The molecular weight excluding hydrogens is 478 g/mol. The van der Waals surface area contributed by atoms with Crippen molar-refractivity contribution in [2.75, 3.05) is 6.54 Å². The van der Waals surface area contributed by atoms with Crippen LogP contribution in [0.15, 0.2) is 67.3 Å². The lowest BCUT2D eigenvalue weighted by Crippen LogP contribution is -2.50. The minimum atomic E-state index is -0.675. The number of likely N-dealkylation sites (tertiary alicyclic amines) is 1. The zero-order valence-electron chi connectivity index (χ0n) is 22.4. The van der Waals surface area contributed by atoms with Crippen molar-refractivity contribution in [3.63, 3.8) is 0 Å². The number of rotatable bonds is 12. The van der Waals surface area contributed by atoms with E-state index >= 15 is 0 Å². The molecule has 1 fully saturated rings. The van der Waals surface area contributed by atoms with E-state index in [4.69, 9.17) is 5.73 Å². The average molecular weight is 518 g/mol. The number of nitrogens with zero attached hydrogens (tertiary/aromatic N) is 1. The van der Waals surface area contributed by atoms with E-state index in [0.29, 0.717) is 43.5 Å². The maximum Gasteiger partial charge on any atom is 0.245 e. The molecule has 2 aromatic rings. The Morgan fingerprint density at radius 2 is 1.76 bits per heavy atom. The maximum absolute atomic E-state index is 13.5. The first-order valence-corrected chi connectivity index (χ1v) is 13.4. The molecule has 3 atom stereocenters. The summed E-state index contributed by atoms with van der Waals surface area (Å²) in [4.78, 5) is 53.7. The van der Waals surface area contributed by atoms with Gasteiger partial charge in [0.2, 0.25) is 17.7 Å². The predicted molar refractivity (Wildman–Crippen MR) is 148 cm³/mol. The molecule has 3 N–H and O–H groups in total. The van der Waals surface area contributed by atoms with Crippen LogP contribution in [0.25, 0.3) is 0 Å². The van der Waals surface area contributed by atoms with Crippen LogP contribution >= 0.6 is 0 Å². The zero-order valence-corrected chi connectivity index (χ0v) is 22.4. The van der Waals surface area contributed by atoms with Gasteiger partial charge in [-0.2, -0.15) is 0 Å². The largest absolute Gasteiger partial charge is 0.369 e. The molecule has 0 aliphatic carbocycles. The van der Waals surface area contributed by atoms with Crippen molar-refractivity contribution in [3.05, 3.63) is 83.9 Å². The smallest absolute Gasteiger partial charge is 0.245 e. The van der Waals surface area contributed by atoms with Gasteiger partial charge < -0.3 is 16.0 Å². The second-order valence-corrected chi connectivity index (χ2v) is 10.5. The van der Waals surface area contributed by atoms with E-state index in [1.165, 1.54) is 0 Å². The quantitative estimate of drug-likeness (QED) is 0.324. The van der Waals surface area contributed by atoms with Gasteiger partial charge in [-0.25, -0.2) is 0 Å². The summed E-state index contributed by atoms with van der Waals surface area (Å²) in [6.07, 6.45) is 4.54. The molecule has 1 heterocycles. The zero-order chi connectivity index (χ0) is 27.7. The Morgan fingerprint density at radius 3 is 2.42 bits per heavy atom. The molecule has 1 aliphatic heterocycles. The summed E-state index contributed by atoms with van der Waals surface area (Å²) >= 11 is 0. The number of benzene rings is 2. The second kappa shape index (κ2) is 13.7. The van der Waals surface area contributed by atoms with E-state index in [9.17, 15) is 19.2 Å². The standard InChI is InChI=1S/C31H39N3O4/c1-4-11-25(29(32)36)26(18-21(2)3)30(37)33-27-16-8-9-17-34(31(27)38)20-22-12-10-15-24(19-22)28(35)23-13-6-5-7-14-23/h4-7,10,12-15,19,21,25-27H,1,8-9,11,16-18,20H2,2-3H3,(H2,32,36)(H,33,37). The van der Waals surface area contributed by atoms with Crippen LogP contribution in [-0.4, -0.2) is 41.0 Å². The molecule has 1 aliphatic rings. The number of ketones is 1. The van der Waals surface area contributed by atoms with Gasteiger partial charge in [0.1, 0.15) is 6.04 Å². The molecule has 1 saturated heterocycles. The Balaban J connectivity index is 1.75. The van der Waals surface area contributed by atoms with E-state index in [-0.39, 0.29) is 23.5 Å². The second-order valence-electron chi connectivity index (χ2n) is 10.5. The van der Waals surface area contributed by atoms with Gasteiger partial charge in [0, 0.05) is 24.2 Å². The third-order valence-electron chi connectivity index (χ3n) is 7.03. The van der Waals surface area contributed by atoms with Gasteiger partial charge in [0.15, 0.2) is 5.78 Å². The highest BCUT2D eigenvalue weighted by Crippen LogP contribution is 2.25. The molecule has 7 heteroatoms. The van der Waals surface area contributed by atoms with Crippen LogP contribution in [0.3, 0.4) is 0 Å². The molecule has 3 unspecified atom stereocenters. The number of primary amides is 1. The molecular formula is C31H39N3O4. The molecule has 38 heavy (non-hydrogen) atoms. The Bertz CT molecular complexity index is 1140. The number of allylic oxidation sites excluding steroid dienone is 1. The SMILES string of the molecule is C=CCC(C(N)=O)C(CC(C)C)C(=O)NC1CCCCN(Cc2cccc(C(=O)c3ccccc3)c2)C1=O. The first-order chi connectivity index (χ1) is 18.2. The van der Waals surface area contributed by atoms with Crippen LogP contribution in [0.4, 0.5) is 0 Å². The lowest BCUT2D eigenvalue weighted by atomic mass is 9.82.